The van der Waals surface area contributed by atoms with Gasteiger partial charge in [-0.3, -0.25) is 4.79 Å². The summed E-state index contributed by atoms with van der Waals surface area (Å²) in [7, 11) is 0. The number of benzene rings is 2. The minimum absolute atomic E-state index is 0.117. The van der Waals surface area contributed by atoms with Crippen LogP contribution >= 0.6 is 35.0 Å². The van der Waals surface area contributed by atoms with Crippen molar-refractivity contribution in [2.24, 2.45) is 0 Å². The van der Waals surface area contributed by atoms with E-state index in [9.17, 15) is 4.79 Å². The van der Waals surface area contributed by atoms with E-state index in [2.05, 4.69) is 29.7 Å². The number of thioether (sulfide) groups is 1. The predicted molar refractivity (Wildman–Crippen MR) is 103 cm³/mol. The van der Waals surface area contributed by atoms with Crippen molar-refractivity contribution in [3.05, 3.63) is 68.5 Å². The van der Waals surface area contributed by atoms with Crippen molar-refractivity contribution in [3.8, 4) is 0 Å². The molecule has 1 aliphatic heterocycles. The van der Waals surface area contributed by atoms with E-state index in [0.29, 0.717) is 15.0 Å². The molecule has 2 N–H and O–H groups in total. The fourth-order valence-electron chi connectivity index (χ4n) is 2.31. The Balaban J connectivity index is 1.71. The molecule has 124 valence electrons. The highest BCUT2D eigenvalue weighted by atomic mass is 35.5. The summed E-state index contributed by atoms with van der Waals surface area (Å²) < 4.78 is 0. The van der Waals surface area contributed by atoms with E-state index in [4.69, 9.17) is 23.2 Å². The summed E-state index contributed by atoms with van der Waals surface area (Å²) >= 11 is 13.5. The van der Waals surface area contributed by atoms with Crippen molar-refractivity contribution >= 4 is 52.6 Å². The Morgan fingerprint density at radius 2 is 1.96 bits per heavy atom. The van der Waals surface area contributed by atoms with E-state index >= 15 is 0 Å². The van der Waals surface area contributed by atoms with Crippen LogP contribution in [-0.2, 0) is 11.2 Å². The van der Waals surface area contributed by atoms with Gasteiger partial charge in [-0.05, 0) is 47.9 Å². The fourth-order valence-corrected chi connectivity index (χ4v) is 3.75. The molecule has 6 heteroatoms. The third kappa shape index (κ3) is 4.07. The lowest BCUT2D eigenvalue weighted by atomic mass is 10.1. The van der Waals surface area contributed by atoms with Gasteiger partial charge in [-0.15, -0.1) is 0 Å². The predicted octanol–water partition coefficient (Wildman–Crippen LogP) is 5.16. The summed E-state index contributed by atoms with van der Waals surface area (Å²) in [6.45, 7) is 2.12. The smallest absolute Gasteiger partial charge is 0.260 e. The van der Waals surface area contributed by atoms with Crippen molar-refractivity contribution in [2.75, 3.05) is 5.32 Å². The molecule has 0 radical (unpaired) electrons. The molecule has 0 saturated carbocycles. The average molecular weight is 379 g/mol. The molecule has 0 spiro atoms. The summed E-state index contributed by atoms with van der Waals surface area (Å²) in [6, 6.07) is 13.4. The second kappa shape index (κ2) is 7.51. The third-order valence-electron chi connectivity index (χ3n) is 3.64. The zero-order valence-electron chi connectivity index (χ0n) is 13.0. The molecule has 1 saturated heterocycles. The van der Waals surface area contributed by atoms with Crippen LogP contribution in [0.4, 0.5) is 5.69 Å². The van der Waals surface area contributed by atoms with Crippen LogP contribution < -0.4 is 10.6 Å². The van der Waals surface area contributed by atoms with Crippen LogP contribution in [0.3, 0.4) is 0 Å². The van der Waals surface area contributed by atoms with E-state index in [1.54, 1.807) is 24.3 Å². The molecule has 2 aromatic carbocycles. The van der Waals surface area contributed by atoms with Gasteiger partial charge in [0.1, 0.15) is 0 Å². The van der Waals surface area contributed by atoms with E-state index in [1.165, 1.54) is 17.3 Å². The maximum absolute atomic E-state index is 12.1. The molecule has 0 bridgehead atoms. The fraction of sp³-hybridized carbons (Fsp3) is 0.167. The molecule has 1 unspecified atom stereocenters. The largest absolute Gasteiger partial charge is 0.357 e. The Morgan fingerprint density at radius 3 is 2.62 bits per heavy atom. The highest BCUT2D eigenvalue weighted by Crippen LogP contribution is 2.32. The number of nitrogens with one attached hydrogen (secondary N) is 2. The quantitative estimate of drug-likeness (QED) is 0.722. The van der Waals surface area contributed by atoms with Crippen LogP contribution in [0.15, 0.2) is 47.4 Å². The van der Waals surface area contributed by atoms with Crippen molar-refractivity contribution in [1.29, 1.82) is 0 Å². The molecule has 1 amide bonds. The van der Waals surface area contributed by atoms with E-state index in [0.717, 1.165) is 17.7 Å². The van der Waals surface area contributed by atoms with Gasteiger partial charge in [0.2, 0.25) is 0 Å². The number of hydrogen-bond donors (Lipinski definition) is 2. The number of carbonyl (C=O) groups is 1. The number of carbonyl (C=O) groups excluding carboxylic acids is 1. The minimum Gasteiger partial charge on any atom is -0.357 e. The topological polar surface area (TPSA) is 41.1 Å². The normalized spacial score (nSPS) is 18.7. The average Bonchev–Trinajstić information content (AvgIpc) is 2.90. The molecule has 2 aromatic rings. The first-order chi connectivity index (χ1) is 11.5. The van der Waals surface area contributed by atoms with Crippen molar-refractivity contribution < 1.29 is 4.79 Å². The monoisotopic (exact) mass is 378 g/mol. The Morgan fingerprint density at radius 1 is 1.21 bits per heavy atom. The van der Waals surface area contributed by atoms with Gasteiger partial charge in [0.15, 0.2) is 5.50 Å². The first kappa shape index (κ1) is 17.2. The highest BCUT2D eigenvalue weighted by molar-refractivity contribution is 8.05. The van der Waals surface area contributed by atoms with E-state index < -0.39 is 0 Å². The van der Waals surface area contributed by atoms with Gasteiger partial charge in [0, 0.05) is 15.7 Å². The van der Waals surface area contributed by atoms with E-state index in [1.807, 2.05) is 12.1 Å². The van der Waals surface area contributed by atoms with E-state index in [-0.39, 0.29) is 11.4 Å². The molecule has 0 aliphatic carbocycles. The van der Waals surface area contributed by atoms with Crippen molar-refractivity contribution in [3.63, 3.8) is 0 Å². The maximum atomic E-state index is 12.1. The number of halogens is 2. The van der Waals surface area contributed by atoms with Gasteiger partial charge in [-0.25, -0.2) is 0 Å². The number of hydrogen-bond acceptors (Lipinski definition) is 3. The van der Waals surface area contributed by atoms with Crippen LogP contribution in [0.5, 0.6) is 0 Å². The standard InChI is InChI=1S/C18H16Cl2N2OS/c1-2-11-3-7-14(8-4-11)21-18-22-17(23)16(24-18)9-12-5-6-13(19)10-15(12)20/h3-10,18,21H,2H2,1H3,(H,22,23). The van der Waals surface area contributed by atoms with Gasteiger partial charge in [-0.1, -0.05) is 60.1 Å². The second-order valence-electron chi connectivity index (χ2n) is 5.34. The molecule has 24 heavy (non-hydrogen) atoms. The molecular formula is C18H16Cl2N2OS. The van der Waals surface area contributed by atoms with Crippen molar-refractivity contribution in [2.45, 2.75) is 18.8 Å². The van der Waals surface area contributed by atoms with Crippen LogP contribution in [0.25, 0.3) is 6.08 Å². The number of aryl methyl sites for hydroxylation is 1. The van der Waals surface area contributed by atoms with Gasteiger partial charge in [-0.2, -0.15) is 0 Å². The summed E-state index contributed by atoms with van der Waals surface area (Å²) in [6.07, 6.45) is 2.78. The van der Waals surface area contributed by atoms with Gasteiger partial charge in [0.25, 0.3) is 5.91 Å². The van der Waals surface area contributed by atoms with Gasteiger partial charge < -0.3 is 10.6 Å². The minimum atomic E-state index is -0.206. The molecule has 1 fully saturated rings. The lowest BCUT2D eigenvalue weighted by Gasteiger charge is -2.12. The van der Waals surface area contributed by atoms with Crippen LogP contribution in [0, 0.1) is 0 Å². The Hall–Kier alpha value is -1.62. The third-order valence-corrected chi connectivity index (χ3v) is 5.23. The molecule has 3 nitrogen and oxygen atoms in total. The zero-order chi connectivity index (χ0) is 17.1. The first-order valence-electron chi connectivity index (χ1n) is 7.55. The van der Waals surface area contributed by atoms with Crippen LogP contribution in [-0.4, -0.2) is 11.4 Å². The number of anilines is 1. The van der Waals surface area contributed by atoms with Gasteiger partial charge in [0.05, 0.1) is 4.91 Å². The van der Waals surface area contributed by atoms with Crippen molar-refractivity contribution in [1.82, 2.24) is 5.32 Å². The summed E-state index contributed by atoms with van der Waals surface area (Å²) in [5.74, 6) is -0.117. The van der Waals surface area contributed by atoms with Crippen LogP contribution in [0.1, 0.15) is 18.1 Å². The Kier molecular flexibility index (Phi) is 5.39. The van der Waals surface area contributed by atoms with Crippen LogP contribution in [0.2, 0.25) is 10.0 Å². The first-order valence-corrected chi connectivity index (χ1v) is 9.18. The second-order valence-corrected chi connectivity index (χ2v) is 7.33. The molecule has 1 heterocycles. The Bertz CT molecular complexity index is 790. The Labute approximate surface area is 155 Å². The lowest BCUT2D eigenvalue weighted by molar-refractivity contribution is -0.116. The molecule has 1 aliphatic rings. The molecule has 1 atom stereocenters. The highest BCUT2D eigenvalue weighted by Gasteiger charge is 2.27. The number of amides is 1. The molecule has 0 aromatic heterocycles. The van der Waals surface area contributed by atoms with Gasteiger partial charge >= 0.3 is 0 Å². The lowest BCUT2D eigenvalue weighted by Crippen LogP contribution is -2.30. The molecular weight excluding hydrogens is 363 g/mol. The number of rotatable bonds is 4. The maximum Gasteiger partial charge on any atom is 0.260 e. The summed E-state index contributed by atoms with van der Waals surface area (Å²) in [5.41, 5.74) is 2.81. The zero-order valence-corrected chi connectivity index (χ0v) is 15.3. The summed E-state index contributed by atoms with van der Waals surface area (Å²) in [5, 5.41) is 7.30. The molecule has 3 rings (SSSR count). The summed E-state index contributed by atoms with van der Waals surface area (Å²) in [4.78, 5) is 12.8. The SMILES string of the molecule is CCc1ccc(NC2NC(=O)C(=Cc3ccc(Cl)cc3Cl)S2)cc1.